The molecule has 1 aromatic carbocycles. The molecule has 2 rings (SSSR count). The Hall–Kier alpha value is -1.06. The number of aliphatic imine (C=N–C) groups is 1. The van der Waals surface area contributed by atoms with Gasteiger partial charge in [-0.05, 0) is 37.0 Å². The minimum Gasteiger partial charge on any atom is -0.383 e. The summed E-state index contributed by atoms with van der Waals surface area (Å²) >= 11 is 0. The van der Waals surface area contributed by atoms with Crippen LogP contribution in [-0.4, -0.2) is 52.5 Å². The van der Waals surface area contributed by atoms with Crippen LogP contribution in [0.25, 0.3) is 0 Å². The highest BCUT2D eigenvalue weighted by molar-refractivity contribution is 14.0. The van der Waals surface area contributed by atoms with Gasteiger partial charge in [-0.2, -0.15) is 0 Å². The van der Waals surface area contributed by atoms with E-state index in [1.54, 1.807) is 14.2 Å². The van der Waals surface area contributed by atoms with E-state index in [0.717, 1.165) is 44.3 Å². The number of benzene rings is 1. The Morgan fingerprint density at radius 2 is 1.79 bits per heavy atom. The number of rotatable bonds is 11. The molecule has 1 aliphatic rings. The molecule has 0 aromatic heterocycles. The third kappa shape index (κ3) is 10.5. The van der Waals surface area contributed by atoms with Crippen molar-refractivity contribution in [2.24, 2.45) is 4.99 Å². The second-order valence-corrected chi connectivity index (χ2v) is 6.95. The molecular formula is C21H37IN4O2. The van der Waals surface area contributed by atoms with Crippen molar-refractivity contribution in [1.82, 2.24) is 10.6 Å². The van der Waals surface area contributed by atoms with Crippen molar-refractivity contribution in [3.63, 3.8) is 0 Å². The molecular weight excluding hydrogens is 467 g/mol. The number of ether oxygens (including phenoxy) is 2. The lowest BCUT2D eigenvalue weighted by Crippen LogP contribution is -2.37. The van der Waals surface area contributed by atoms with E-state index >= 15 is 0 Å². The summed E-state index contributed by atoms with van der Waals surface area (Å²) in [6.45, 7) is 3.96. The number of hydrogen-bond donors (Lipinski definition) is 3. The molecule has 1 aromatic rings. The van der Waals surface area contributed by atoms with Crippen LogP contribution in [0.15, 0.2) is 29.3 Å². The molecule has 160 valence electrons. The molecule has 0 unspecified atom stereocenters. The fourth-order valence-corrected chi connectivity index (χ4v) is 3.21. The van der Waals surface area contributed by atoms with Gasteiger partial charge in [-0.25, -0.2) is 0 Å². The predicted molar refractivity (Wildman–Crippen MR) is 128 cm³/mol. The smallest absolute Gasteiger partial charge is 0.191 e. The molecule has 0 spiro atoms. The van der Waals surface area contributed by atoms with Gasteiger partial charge in [-0.3, -0.25) is 4.99 Å². The molecule has 1 fully saturated rings. The maximum atomic E-state index is 5.96. The molecule has 0 aliphatic heterocycles. The number of nitrogens with one attached hydrogen (secondary N) is 3. The largest absolute Gasteiger partial charge is 0.383 e. The van der Waals surface area contributed by atoms with Gasteiger partial charge in [0.05, 0.1) is 12.7 Å². The van der Waals surface area contributed by atoms with Gasteiger partial charge in [-0.1, -0.05) is 31.4 Å². The monoisotopic (exact) mass is 504 g/mol. The molecule has 7 heteroatoms. The van der Waals surface area contributed by atoms with Gasteiger partial charge in [-0.15, -0.1) is 24.0 Å². The average Bonchev–Trinajstić information content (AvgIpc) is 2.72. The lowest BCUT2D eigenvalue weighted by Gasteiger charge is -2.22. The minimum atomic E-state index is 0. The van der Waals surface area contributed by atoms with Crippen LogP contribution in [0.5, 0.6) is 0 Å². The first-order chi connectivity index (χ1) is 13.3. The summed E-state index contributed by atoms with van der Waals surface area (Å²) in [4.78, 5) is 4.29. The Morgan fingerprint density at radius 1 is 1.04 bits per heavy atom. The lowest BCUT2D eigenvalue weighted by molar-refractivity contribution is 0.0277. The topological polar surface area (TPSA) is 66.9 Å². The zero-order chi connectivity index (χ0) is 19.2. The fraction of sp³-hybridized carbons (Fsp3) is 0.667. The van der Waals surface area contributed by atoms with Crippen molar-refractivity contribution in [2.75, 3.05) is 45.8 Å². The molecule has 1 saturated carbocycles. The van der Waals surface area contributed by atoms with Crippen molar-refractivity contribution in [3.8, 4) is 0 Å². The second-order valence-electron chi connectivity index (χ2n) is 6.95. The third-order valence-corrected chi connectivity index (χ3v) is 4.79. The van der Waals surface area contributed by atoms with Gasteiger partial charge in [0.2, 0.25) is 0 Å². The van der Waals surface area contributed by atoms with Gasteiger partial charge in [0.25, 0.3) is 0 Å². The Labute approximate surface area is 187 Å². The van der Waals surface area contributed by atoms with Gasteiger partial charge < -0.3 is 25.4 Å². The Balaban J connectivity index is 0.00000392. The zero-order valence-corrected chi connectivity index (χ0v) is 19.7. The molecule has 28 heavy (non-hydrogen) atoms. The standard InChI is InChI=1S/C21H36N4O2.HI/c1-22-21(24-13-6-15-27-20-7-4-3-5-8-20)25-17-18-9-11-19(12-10-18)23-14-16-26-2;/h9-12,20,23H,3-8,13-17H2,1-2H3,(H2,22,24,25);1H. The van der Waals surface area contributed by atoms with E-state index in [1.165, 1.54) is 37.7 Å². The molecule has 0 bridgehead atoms. The highest BCUT2D eigenvalue weighted by atomic mass is 127. The van der Waals surface area contributed by atoms with Crippen molar-refractivity contribution < 1.29 is 9.47 Å². The van der Waals surface area contributed by atoms with Gasteiger partial charge >= 0.3 is 0 Å². The number of anilines is 1. The molecule has 1 aliphatic carbocycles. The Morgan fingerprint density at radius 3 is 2.46 bits per heavy atom. The highest BCUT2D eigenvalue weighted by Crippen LogP contribution is 2.20. The number of nitrogens with zero attached hydrogens (tertiary/aromatic N) is 1. The average molecular weight is 504 g/mol. The lowest BCUT2D eigenvalue weighted by atomic mass is 9.98. The number of guanidine groups is 1. The molecule has 6 nitrogen and oxygen atoms in total. The van der Waals surface area contributed by atoms with Crippen LogP contribution in [0.4, 0.5) is 5.69 Å². The van der Waals surface area contributed by atoms with E-state index in [0.29, 0.717) is 12.7 Å². The fourth-order valence-electron chi connectivity index (χ4n) is 3.21. The van der Waals surface area contributed by atoms with E-state index in [4.69, 9.17) is 9.47 Å². The molecule has 0 saturated heterocycles. The first-order valence-electron chi connectivity index (χ1n) is 10.2. The summed E-state index contributed by atoms with van der Waals surface area (Å²) in [5.74, 6) is 0.829. The number of hydrogen-bond acceptors (Lipinski definition) is 4. The van der Waals surface area contributed by atoms with Crippen molar-refractivity contribution in [3.05, 3.63) is 29.8 Å². The Kier molecular flexibility index (Phi) is 14.1. The summed E-state index contributed by atoms with van der Waals surface area (Å²) in [7, 11) is 3.51. The van der Waals surface area contributed by atoms with Crippen LogP contribution >= 0.6 is 24.0 Å². The van der Waals surface area contributed by atoms with E-state index < -0.39 is 0 Å². The summed E-state index contributed by atoms with van der Waals surface area (Å²) < 4.78 is 11.0. The van der Waals surface area contributed by atoms with Crippen molar-refractivity contribution >= 4 is 35.6 Å². The summed E-state index contributed by atoms with van der Waals surface area (Å²) in [6.07, 6.45) is 7.97. The first kappa shape index (κ1) is 25.0. The van der Waals surface area contributed by atoms with E-state index in [1.807, 2.05) is 0 Å². The molecule has 0 amide bonds. The molecule has 0 heterocycles. The van der Waals surface area contributed by atoms with Crippen LogP contribution in [0.3, 0.4) is 0 Å². The van der Waals surface area contributed by atoms with Crippen LogP contribution < -0.4 is 16.0 Å². The van der Waals surface area contributed by atoms with E-state index in [9.17, 15) is 0 Å². The predicted octanol–water partition coefficient (Wildman–Crippen LogP) is 3.77. The SMILES string of the molecule is CN=C(NCCCOC1CCCCC1)NCc1ccc(NCCOC)cc1.I. The van der Waals surface area contributed by atoms with Crippen LogP contribution in [0, 0.1) is 0 Å². The van der Waals surface area contributed by atoms with Gasteiger partial charge in [0, 0.05) is 46.1 Å². The summed E-state index contributed by atoms with van der Waals surface area (Å²) in [5, 5.41) is 10.0. The maximum absolute atomic E-state index is 5.96. The first-order valence-corrected chi connectivity index (χ1v) is 10.2. The normalized spacial score (nSPS) is 15.0. The second kappa shape index (κ2) is 15.8. The molecule has 0 atom stereocenters. The quantitative estimate of drug-likeness (QED) is 0.185. The van der Waals surface area contributed by atoms with E-state index in [2.05, 4.69) is 45.2 Å². The summed E-state index contributed by atoms with van der Waals surface area (Å²) in [5.41, 5.74) is 2.33. The van der Waals surface area contributed by atoms with Gasteiger partial charge in [0.15, 0.2) is 5.96 Å². The summed E-state index contributed by atoms with van der Waals surface area (Å²) in [6, 6.07) is 8.41. The van der Waals surface area contributed by atoms with Crippen LogP contribution in [-0.2, 0) is 16.0 Å². The highest BCUT2D eigenvalue weighted by Gasteiger charge is 2.12. The maximum Gasteiger partial charge on any atom is 0.191 e. The van der Waals surface area contributed by atoms with Crippen LogP contribution in [0.1, 0.15) is 44.1 Å². The number of methoxy groups -OCH3 is 1. The molecule has 3 N–H and O–H groups in total. The zero-order valence-electron chi connectivity index (χ0n) is 17.3. The Bertz CT molecular complexity index is 534. The molecule has 0 radical (unpaired) electrons. The van der Waals surface area contributed by atoms with E-state index in [-0.39, 0.29) is 24.0 Å². The van der Waals surface area contributed by atoms with Crippen molar-refractivity contribution in [2.45, 2.75) is 51.2 Å². The van der Waals surface area contributed by atoms with Crippen LogP contribution in [0.2, 0.25) is 0 Å². The number of halogens is 1. The van der Waals surface area contributed by atoms with Crippen molar-refractivity contribution in [1.29, 1.82) is 0 Å². The minimum absolute atomic E-state index is 0. The third-order valence-electron chi connectivity index (χ3n) is 4.79. The van der Waals surface area contributed by atoms with Gasteiger partial charge in [0.1, 0.15) is 0 Å².